The number of hydrogen-bond acceptors (Lipinski definition) is 5. The first-order chi connectivity index (χ1) is 14.1. The predicted octanol–water partition coefficient (Wildman–Crippen LogP) is 1.72. The maximum atomic E-state index is 5.77. The highest BCUT2D eigenvalue weighted by molar-refractivity contribution is 5.80. The first kappa shape index (κ1) is 20.3. The first-order valence-corrected chi connectivity index (χ1v) is 10.7. The summed E-state index contributed by atoms with van der Waals surface area (Å²) in [4.78, 5) is 9.51. The topological polar surface area (TPSA) is 58.6 Å². The molecule has 29 heavy (non-hydrogen) atoms. The Kier molecular flexibility index (Phi) is 6.15. The fourth-order valence-corrected chi connectivity index (χ4v) is 4.37. The third kappa shape index (κ3) is 4.61. The Morgan fingerprint density at radius 2 is 1.86 bits per heavy atom. The zero-order chi connectivity index (χ0) is 20.3. The largest absolute Gasteiger partial charge is 0.486 e. The van der Waals surface area contributed by atoms with Crippen molar-refractivity contribution in [3.8, 4) is 11.5 Å². The van der Waals surface area contributed by atoms with E-state index in [1.54, 1.807) is 0 Å². The maximum Gasteiger partial charge on any atom is 0.193 e. The second-order valence-corrected chi connectivity index (χ2v) is 8.68. The average Bonchev–Trinajstić information content (AvgIpc) is 3.24. The molecule has 1 N–H and O–H groups in total. The first-order valence-electron chi connectivity index (χ1n) is 10.7. The lowest BCUT2D eigenvalue weighted by molar-refractivity contribution is 0.0195. The number of nitrogens with one attached hydrogen (secondary N) is 1. The monoisotopic (exact) mass is 402 g/mol. The average molecular weight is 403 g/mol. The van der Waals surface area contributed by atoms with Crippen LogP contribution in [-0.4, -0.2) is 88.0 Å². The molecule has 1 unspecified atom stereocenters. The molecule has 3 aliphatic heterocycles. The molecular weight excluding hydrogens is 368 g/mol. The van der Waals surface area contributed by atoms with E-state index in [9.17, 15) is 0 Å². The van der Waals surface area contributed by atoms with Gasteiger partial charge in [0.05, 0.1) is 13.2 Å². The summed E-state index contributed by atoms with van der Waals surface area (Å²) in [5.41, 5.74) is 1.17. The van der Waals surface area contributed by atoms with Crippen molar-refractivity contribution in [1.29, 1.82) is 0 Å². The van der Waals surface area contributed by atoms with Gasteiger partial charge in [-0.2, -0.15) is 0 Å². The van der Waals surface area contributed by atoms with Gasteiger partial charge in [0, 0.05) is 51.2 Å². The molecule has 3 heterocycles. The zero-order valence-corrected chi connectivity index (χ0v) is 17.9. The highest BCUT2D eigenvalue weighted by atomic mass is 16.6. The van der Waals surface area contributed by atoms with Crippen molar-refractivity contribution >= 4 is 5.96 Å². The molecule has 0 aliphatic carbocycles. The minimum absolute atomic E-state index is 0.0604. The Morgan fingerprint density at radius 1 is 1.10 bits per heavy atom. The van der Waals surface area contributed by atoms with E-state index in [1.807, 2.05) is 13.1 Å². The van der Waals surface area contributed by atoms with Gasteiger partial charge in [-0.3, -0.25) is 9.89 Å². The summed E-state index contributed by atoms with van der Waals surface area (Å²) in [5, 5.41) is 3.61. The van der Waals surface area contributed by atoms with Gasteiger partial charge in [0.25, 0.3) is 0 Å². The molecular formula is C22H34N4O3. The molecule has 1 atom stereocenters. The molecule has 2 fully saturated rings. The number of guanidine groups is 1. The molecule has 0 amide bonds. The molecule has 3 aliphatic rings. The van der Waals surface area contributed by atoms with Crippen LogP contribution in [0.4, 0.5) is 0 Å². The van der Waals surface area contributed by atoms with Crippen LogP contribution in [0.3, 0.4) is 0 Å². The summed E-state index contributed by atoms with van der Waals surface area (Å²) in [6, 6.07) is 6.88. The summed E-state index contributed by atoms with van der Waals surface area (Å²) in [6.07, 6.45) is 1.19. The number of hydrogen-bond donors (Lipinski definition) is 1. The summed E-state index contributed by atoms with van der Waals surface area (Å²) >= 11 is 0. The number of ether oxygens (including phenoxy) is 3. The lowest BCUT2D eigenvalue weighted by Gasteiger charge is -2.33. The van der Waals surface area contributed by atoms with Gasteiger partial charge in [0.15, 0.2) is 17.5 Å². The number of nitrogens with zero attached hydrogens (tertiary/aromatic N) is 3. The second-order valence-electron chi connectivity index (χ2n) is 8.68. The predicted molar refractivity (Wildman–Crippen MR) is 114 cm³/mol. The number of likely N-dealkylation sites (tertiary alicyclic amines) is 1. The lowest BCUT2D eigenvalue weighted by Crippen LogP contribution is -2.48. The van der Waals surface area contributed by atoms with Crippen LogP contribution in [0.5, 0.6) is 11.5 Å². The quantitative estimate of drug-likeness (QED) is 0.611. The van der Waals surface area contributed by atoms with Crippen LogP contribution < -0.4 is 14.8 Å². The van der Waals surface area contributed by atoms with Crippen molar-refractivity contribution in [2.24, 2.45) is 4.99 Å². The van der Waals surface area contributed by atoms with Crippen LogP contribution in [0.2, 0.25) is 0 Å². The summed E-state index contributed by atoms with van der Waals surface area (Å²) < 4.78 is 16.9. The van der Waals surface area contributed by atoms with Gasteiger partial charge in [0.2, 0.25) is 0 Å². The summed E-state index contributed by atoms with van der Waals surface area (Å²) in [6.45, 7) is 12.4. The van der Waals surface area contributed by atoms with Crippen molar-refractivity contribution in [3.05, 3.63) is 23.8 Å². The van der Waals surface area contributed by atoms with E-state index in [2.05, 4.69) is 46.1 Å². The Labute approximate surface area is 174 Å². The SMILES string of the molecule is CN=C(NCC(C)(C)c1ccc2c(c1)OCCO2)N1CCC(N2CCOCC2)C1. The van der Waals surface area contributed by atoms with E-state index in [-0.39, 0.29) is 5.41 Å². The number of rotatable bonds is 4. The minimum Gasteiger partial charge on any atom is -0.486 e. The van der Waals surface area contributed by atoms with Crippen molar-refractivity contribution in [2.75, 3.05) is 66.2 Å². The fourth-order valence-electron chi connectivity index (χ4n) is 4.37. The van der Waals surface area contributed by atoms with Crippen molar-refractivity contribution in [3.63, 3.8) is 0 Å². The summed E-state index contributed by atoms with van der Waals surface area (Å²) in [7, 11) is 1.88. The molecule has 0 saturated carbocycles. The molecule has 1 aromatic carbocycles. The second kappa shape index (κ2) is 8.79. The van der Waals surface area contributed by atoms with Gasteiger partial charge in [-0.1, -0.05) is 19.9 Å². The van der Waals surface area contributed by atoms with Crippen molar-refractivity contribution in [1.82, 2.24) is 15.1 Å². The highest BCUT2D eigenvalue weighted by Gasteiger charge is 2.31. The van der Waals surface area contributed by atoms with Gasteiger partial charge in [-0.25, -0.2) is 0 Å². The molecule has 0 spiro atoms. The fraction of sp³-hybridized carbons (Fsp3) is 0.682. The smallest absolute Gasteiger partial charge is 0.193 e. The molecule has 1 aromatic rings. The molecule has 2 saturated heterocycles. The number of aliphatic imine (C=N–C) groups is 1. The van der Waals surface area contributed by atoms with Crippen LogP contribution in [0.1, 0.15) is 25.8 Å². The van der Waals surface area contributed by atoms with E-state index in [0.29, 0.717) is 19.3 Å². The molecule has 0 radical (unpaired) electrons. The molecule has 4 rings (SSSR count). The van der Waals surface area contributed by atoms with E-state index < -0.39 is 0 Å². The van der Waals surface area contributed by atoms with E-state index in [4.69, 9.17) is 14.2 Å². The van der Waals surface area contributed by atoms with Crippen LogP contribution >= 0.6 is 0 Å². The van der Waals surface area contributed by atoms with Gasteiger partial charge in [-0.05, 0) is 24.1 Å². The van der Waals surface area contributed by atoms with Gasteiger partial charge in [-0.15, -0.1) is 0 Å². The molecule has 0 bridgehead atoms. The Morgan fingerprint density at radius 3 is 2.62 bits per heavy atom. The third-order valence-corrected chi connectivity index (χ3v) is 6.25. The Bertz CT molecular complexity index is 731. The standard InChI is InChI=1S/C22H34N4O3/c1-22(2,17-4-5-19-20(14-17)29-13-12-28-19)16-24-21(23-3)26-7-6-18(15-26)25-8-10-27-11-9-25/h4-5,14,18H,6-13,15-16H2,1-3H3,(H,23,24). The molecule has 160 valence electrons. The van der Waals surface area contributed by atoms with Crippen LogP contribution in [0.25, 0.3) is 0 Å². The van der Waals surface area contributed by atoms with Crippen LogP contribution in [-0.2, 0) is 10.2 Å². The van der Waals surface area contributed by atoms with Gasteiger partial charge >= 0.3 is 0 Å². The minimum atomic E-state index is -0.0604. The third-order valence-electron chi connectivity index (χ3n) is 6.25. The molecule has 7 nitrogen and oxygen atoms in total. The molecule has 0 aromatic heterocycles. The number of fused-ring (bicyclic) bond motifs is 1. The van der Waals surface area contributed by atoms with Crippen molar-refractivity contribution < 1.29 is 14.2 Å². The Balaban J connectivity index is 1.35. The maximum absolute atomic E-state index is 5.77. The number of benzene rings is 1. The Hall–Kier alpha value is -1.99. The highest BCUT2D eigenvalue weighted by Crippen LogP contribution is 2.35. The lowest BCUT2D eigenvalue weighted by atomic mass is 9.84. The van der Waals surface area contributed by atoms with E-state index >= 15 is 0 Å². The zero-order valence-electron chi connectivity index (χ0n) is 17.9. The number of morpholine rings is 1. The molecule has 7 heteroatoms. The normalized spacial score (nSPS) is 23.3. The summed E-state index contributed by atoms with van der Waals surface area (Å²) in [5.74, 6) is 2.68. The van der Waals surface area contributed by atoms with Crippen molar-refractivity contribution in [2.45, 2.75) is 31.7 Å². The van der Waals surface area contributed by atoms with Crippen LogP contribution in [0.15, 0.2) is 23.2 Å². The van der Waals surface area contributed by atoms with Crippen LogP contribution in [0, 0.1) is 0 Å². The van der Waals surface area contributed by atoms with Gasteiger partial charge < -0.3 is 24.4 Å². The van der Waals surface area contributed by atoms with Gasteiger partial charge in [0.1, 0.15) is 13.2 Å². The van der Waals surface area contributed by atoms with E-state index in [1.165, 1.54) is 12.0 Å². The van der Waals surface area contributed by atoms with E-state index in [0.717, 1.165) is 63.4 Å².